The number of nitrogens with one attached hydrogen (secondary N) is 1. The van der Waals surface area contributed by atoms with E-state index < -0.39 is 36.2 Å². The summed E-state index contributed by atoms with van der Waals surface area (Å²) in [5.41, 5.74) is 0.929. The van der Waals surface area contributed by atoms with E-state index in [1.54, 1.807) is 12.4 Å². The Hall–Kier alpha value is -2.01. The van der Waals surface area contributed by atoms with Crippen molar-refractivity contribution in [2.45, 2.75) is 37.9 Å². The molecule has 10 nitrogen and oxygen atoms in total. The van der Waals surface area contributed by atoms with Crippen LogP contribution in [-0.2, 0) is 14.3 Å². The minimum absolute atomic E-state index is 0.0669. The van der Waals surface area contributed by atoms with Gasteiger partial charge >= 0.3 is 11.7 Å². The highest BCUT2D eigenvalue weighted by atomic mass is 16.6. The van der Waals surface area contributed by atoms with Crippen molar-refractivity contribution in [1.29, 1.82) is 0 Å². The number of carbonyl (C=O) groups excluding carboxylic acids is 1. The van der Waals surface area contributed by atoms with Gasteiger partial charge in [0.05, 0.1) is 0 Å². The summed E-state index contributed by atoms with van der Waals surface area (Å²) in [6, 6.07) is 1.29. The van der Waals surface area contributed by atoms with Gasteiger partial charge in [0.2, 0.25) is 0 Å². The first kappa shape index (κ1) is 16.4. The van der Waals surface area contributed by atoms with Gasteiger partial charge in [-0.25, -0.2) is 4.79 Å². The Morgan fingerprint density at radius 2 is 2.23 bits per heavy atom. The zero-order valence-electron chi connectivity index (χ0n) is 11.7. The molecule has 1 fully saturated rings. The number of carbonyl (C=O) groups is 1. The second-order valence-corrected chi connectivity index (χ2v) is 4.70. The molecule has 4 atom stereocenters. The Kier molecular flexibility index (Phi) is 5.08. The standard InChI is InChI=1S/C12H17N3O7/c1-2-8(16)21-5-6-9(17)10(18)11(22-6)15-4-3-7(14-20)13-12(15)19/h3-4,6,9-11,17-18,20H,2,5H2,1H3,(H,13,14,19)/t6-,9-,10-,11-/m1/s1. The third-order valence-electron chi connectivity index (χ3n) is 3.25. The van der Waals surface area contributed by atoms with Crippen LogP contribution >= 0.6 is 0 Å². The smallest absolute Gasteiger partial charge is 0.351 e. The number of rotatable bonds is 5. The second-order valence-electron chi connectivity index (χ2n) is 4.70. The summed E-state index contributed by atoms with van der Waals surface area (Å²) in [6.45, 7) is 1.38. The summed E-state index contributed by atoms with van der Waals surface area (Å²) in [6.07, 6.45) is -3.43. The normalized spacial score (nSPS) is 27.6. The summed E-state index contributed by atoms with van der Waals surface area (Å²) in [4.78, 5) is 26.4. The van der Waals surface area contributed by atoms with Gasteiger partial charge in [-0.15, -0.1) is 0 Å². The number of aliphatic hydroxyl groups is 2. The molecule has 0 aliphatic carbocycles. The van der Waals surface area contributed by atoms with E-state index in [1.807, 2.05) is 0 Å². The first-order valence-corrected chi connectivity index (χ1v) is 6.64. The number of anilines is 1. The highest BCUT2D eigenvalue weighted by Gasteiger charge is 2.44. The van der Waals surface area contributed by atoms with Crippen molar-refractivity contribution >= 4 is 11.8 Å². The first-order valence-electron chi connectivity index (χ1n) is 6.64. The fourth-order valence-corrected chi connectivity index (χ4v) is 2.04. The van der Waals surface area contributed by atoms with Crippen LogP contribution in [0.5, 0.6) is 0 Å². The van der Waals surface area contributed by atoms with Crippen molar-refractivity contribution in [2.75, 3.05) is 12.1 Å². The molecule has 1 aromatic rings. The van der Waals surface area contributed by atoms with Gasteiger partial charge in [-0.2, -0.15) is 4.98 Å². The van der Waals surface area contributed by atoms with E-state index in [2.05, 4.69) is 4.98 Å². The van der Waals surface area contributed by atoms with E-state index >= 15 is 0 Å². The monoisotopic (exact) mass is 315 g/mol. The van der Waals surface area contributed by atoms with E-state index in [9.17, 15) is 19.8 Å². The first-order chi connectivity index (χ1) is 10.5. The lowest BCUT2D eigenvalue weighted by Crippen LogP contribution is -2.36. The van der Waals surface area contributed by atoms with Gasteiger partial charge in [-0.1, -0.05) is 6.92 Å². The number of aliphatic hydroxyl groups excluding tert-OH is 2. The zero-order chi connectivity index (χ0) is 16.3. The molecule has 0 spiro atoms. The third-order valence-corrected chi connectivity index (χ3v) is 3.25. The minimum atomic E-state index is -1.39. The SMILES string of the molecule is CCC(=O)OC[C@H]1O[C@@H](n2ccc(NO)nc2=O)[C@H](O)[C@@H]1O. The van der Waals surface area contributed by atoms with Crippen LogP contribution in [0.25, 0.3) is 0 Å². The van der Waals surface area contributed by atoms with Crippen molar-refractivity contribution in [3.05, 3.63) is 22.7 Å². The molecule has 1 aromatic heterocycles. The van der Waals surface area contributed by atoms with E-state index in [-0.39, 0.29) is 18.8 Å². The maximum atomic E-state index is 11.8. The predicted octanol–water partition coefficient (Wildman–Crippen LogP) is -1.38. The van der Waals surface area contributed by atoms with Gasteiger partial charge in [0.1, 0.15) is 24.9 Å². The van der Waals surface area contributed by atoms with Gasteiger partial charge in [0, 0.05) is 12.6 Å². The lowest BCUT2D eigenvalue weighted by molar-refractivity contribution is -0.149. The fraction of sp³-hybridized carbons (Fsp3) is 0.583. The zero-order valence-corrected chi connectivity index (χ0v) is 11.7. The number of nitrogens with zero attached hydrogens (tertiary/aromatic N) is 2. The van der Waals surface area contributed by atoms with Crippen molar-refractivity contribution in [3.63, 3.8) is 0 Å². The Bertz CT molecular complexity index is 590. The average molecular weight is 315 g/mol. The number of ether oxygens (including phenoxy) is 2. The van der Waals surface area contributed by atoms with Crippen LogP contribution in [0.2, 0.25) is 0 Å². The topological polar surface area (TPSA) is 143 Å². The van der Waals surface area contributed by atoms with Crippen LogP contribution in [0, 0.1) is 0 Å². The fourth-order valence-electron chi connectivity index (χ4n) is 2.04. The predicted molar refractivity (Wildman–Crippen MR) is 71.1 cm³/mol. The summed E-state index contributed by atoms with van der Waals surface area (Å²) in [5.74, 6) is -0.534. The number of hydrogen-bond acceptors (Lipinski definition) is 9. The molecule has 0 bridgehead atoms. The maximum Gasteiger partial charge on any atom is 0.351 e. The largest absolute Gasteiger partial charge is 0.463 e. The molecule has 122 valence electrons. The number of aromatic nitrogens is 2. The van der Waals surface area contributed by atoms with Crippen LogP contribution in [0.1, 0.15) is 19.6 Å². The third kappa shape index (κ3) is 3.25. The van der Waals surface area contributed by atoms with E-state index in [4.69, 9.17) is 14.7 Å². The molecule has 4 N–H and O–H groups in total. The highest BCUT2D eigenvalue weighted by Crippen LogP contribution is 2.28. The van der Waals surface area contributed by atoms with Gasteiger partial charge in [0.25, 0.3) is 0 Å². The Morgan fingerprint density at radius 3 is 2.82 bits per heavy atom. The maximum absolute atomic E-state index is 11.8. The minimum Gasteiger partial charge on any atom is -0.463 e. The van der Waals surface area contributed by atoms with Crippen LogP contribution < -0.4 is 11.2 Å². The molecule has 1 saturated heterocycles. The van der Waals surface area contributed by atoms with Crippen LogP contribution in [-0.4, -0.2) is 55.9 Å². The quantitative estimate of drug-likeness (QED) is 0.381. The Labute approximate surface area is 124 Å². The van der Waals surface area contributed by atoms with Gasteiger partial charge in [-0.3, -0.25) is 20.0 Å². The molecule has 10 heteroatoms. The van der Waals surface area contributed by atoms with Crippen molar-refractivity contribution in [3.8, 4) is 0 Å². The molecule has 0 amide bonds. The van der Waals surface area contributed by atoms with E-state index in [0.29, 0.717) is 0 Å². The summed E-state index contributed by atoms with van der Waals surface area (Å²) in [7, 11) is 0. The molecule has 22 heavy (non-hydrogen) atoms. The van der Waals surface area contributed by atoms with Gasteiger partial charge in [-0.05, 0) is 6.07 Å². The van der Waals surface area contributed by atoms with Crippen LogP contribution in [0.4, 0.5) is 5.82 Å². The summed E-state index contributed by atoms with van der Waals surface area (Å²) >= 11 is 0. The number of esters is 1. The van der Waals surface area contributed by atoms with Crippen LogP contribution in [0.3, 0.4) is 0 Å². The Morgan fingerprint density at radius 1 is 1.50 bits per heavy atom. The van der Waals surface area contributed by atoms with Crippen molar-refractivity contribution < 1.29 is 29.7 Å². The lowest BCUT2D eigenvalue weighted by atomic mass is 10.1. The lowest BCUT2D eigenvalue weighted by Gasteiger charge is -2.17. The van der Waals surface area contributed by atoms with Gasteiger partial charge in [0.15, 0.2) is 12.0 Å². The van der Waals surface area contributed by atoms with Crippen LogP contribution in [0.15, 0.2) is 17.1 Å². The summed E-state index contributed by atoms with van der Waals surface area (Å²) < 4.78 is 11.2. The molecule has 2 rings (SSSR count). The van der Waals surface area contributed by atoms with E-state index in [1.165, 1.54) is 12.3 Å². The summed E-state index contributed by atoms with van der Waals surface area (Å²) in [5, 5.41) is 28.6. The van der Waals surface area contributed by atoms with Crippen molar-refractivity contribution in [2.24, 2.45) is 0 Å². The molecule has 1 aliphatic rings. The molecular weight excluding hydrogens is 298 g/mol. The molecule has 0 radical (unpaired) electrons. The molecule has 1 aliphatic heterocycles. The van der Waals surface area contributed by atoms with Gasteiger partial charge < -0.3 is 19.7 Å². The van der Waals surface area contributed by atoms with E-state index in [0.717, 1.165) is 4.57 Å². The second kappa shape index (κ2) is 6.83. The molecule has 0 unspecified atom stereocenters. The van der Waals surface area contributed by atoms with Crippen molar-refractivity contribution in [1.82, 2.24) is 9.55 Å². The molecule has 0 aromatic carbocycles. The molecule has 0 saturated carbocycles. The Balaban J connectivity index is 2.12. The highest BCUT2D eigenvalue weighted by molar-refractivity contribution is 5.68. The average Bonchev–Trinajstić information content (AvgIpc) is 2.80. The molecular formula is C12H17N3O7. The molecule has 2 heterocycles. The number of hydrogen-bond donors (Lipinski definition) is 4.